The van der Waals surface area contributed by atoms with E-state index in [1.54, 1.807) is 25.3 Å². The van der Waals surface area contributed by atoms with Crippen LogP contribution in [0.15, 0.2) is 18.2 Å². The Hall–Kier alpha value is -2.24. The fourth-order valence-corrected chi connectivity index (χ4v) is 1.48. The molecule has 0 fully saturated rings. The van der Waals surface area contributed by atoms with Crippen molar-refractivity contribution in [2.45, 2.75) is 13.3 Å². The molecule has 1 aromatic carbocycles. The van der Waals surface area contributed by atoms with E-state index in [4.69, 9.17) is 15.2 Å². The number of benzene rings is 1. The normalized spacial score (nSPS) is 9.79. The van der Waals surface area contributed by atoms with Gasteiger partial charge in [-0.05, 0) is 31.0 Å². The molecule has 3 N–H and O–H groups in total. The van der Waals surface area contributed by atoms with Crippen LogP contribution in [0.2, 0.25) is 0 Å². The van der Waals surface area contributed by atoms with E-state index in [9.17, 15) is 9.59 Å². The van der Waals surface area contributed by atoms with E-state index in [0.29, 0.717) is 24.3 Å². The number of ether oxygens (including phenoxy) is 2. The van der Waals surface area contributed by atoms with E-state index in [1.807, 2.05) is 6.92 Å². The molecule has 6 heteroatoms. The Bertz CT molecular complexity index is 460. The Morgan fingerprint density at radius 3 is 2.74 bits per heavy atom. The van der Waals surface area contributed by atoms with Crippen LogP contribution in [-0.2, 0) is 4.74 Å². The maximum atomic E-state index is 11.7. The van der Waals surface area contributed by atoms with Crippen molar-refractivity contribution in [3.05, 3.63) is 29.3 Å². The standard InChI is InChI=1S/C13H18N2O4/c1-9-4-5-10(8-11(9)18-2)12(16)19-7-3-6-15-13(14)17/h4-5,8H,3,6-7H2,1-2H3,(H3,14,15,17). The van der Waals surface area contributed by atoms with Crippen LogP contribution in [0.5, 0.6) is 5.75 Å². The molecule has 0 saturated heterocycles. The summed E-state index contributed by atoms with van der Waals surface area (Å²) >= 11 is 0. The van der Waals surface area contributed by atoms with Crippen LogP contribution in [-0.4, -0.2) is 32.3 Å². The lowest BCUT2D eigenvalue weighted by molar-refractivity contribution is 0.0501. The summed E-state index contributed by atoms with van der Waals surface area (Å²) in [5, 5.41) is 2.41. The molecule has 0 atom stereocenters. The van der Waals surface area contributed by atoms with Crippen molar-refractivity contribution in [1.29, 1.82) is 0 Å². The van der Waals surface area contributed by atoms with Crippen LogP contribution < -0.4 is 15.8 Å². The molecule has 0 saturated carbocycles. The summed E-state index contributed by atoms with van der Waals surface area (Å²) < 4.78 is 10.2. The van der Waals surface area contributed by atoms with Gasteiger partial charge in [-0.1, -0.05) is 6.07 Å². The Balaban J connectivity index is 2.43. The SMILES string of the molecule is COc1cc(C(=O)OCCCNC(N)=O)ccc1C. The summed E-state index contributed by atoms with van der Waals surface area (Å²) in [7, 11) is 1.55. The van der Waals surface area contributed by atoms with Gasteiger partial charge >= 0.3 is 12.0 Å². The molecule has 0 heterocycles. The van der Waals surface area contributed by atoms with Crippen LogP contribution in [0.1, 0.15) is 22.3 Å². The molecular formula is C13H18N2O4. The number of hydrogen-bond donors (Lipinski definition) is 2. The van der Waals surface area contributed by atoms with Gasteiger partial charge in [-0.2, -0.15) is 0 Å². The second-order valence-electron chi connectivity index (χ2n) is 3.96. The maximum Gasteiger partial charge on any atom is 0.338 e. The Labute approximate surface area is 111 Å². The van der Waals surface area contributed by atoms with Gasteiger partial charge in [0.1, 0.15) is 5.75 Å². The number of aryl methyl sites for hydroxylation is 1. The molecule has 1 aromatic rings. The summed E-state index contributed by atoms with van der Waals surface area (Å²) in [6, 6.07) is 4.53. The van der Waals surface area contributed by atoms with Crippen LogP contribution in [0.25, 0.3) is 0 Å². The first-order chi connectivity index (χ1) is 9.04. The van der Waals surface area contributed by atoms with Gasteiger partial charge in [-0.3, -0.25) is 0 Å². The van der Waals surface area contributed by atoms with E-state index in [-0.39, 0.29) is 6.61 Å². The van der Waals surface area contributed by atoms with Gasteiger partial charge in [-0.15, -0.1) is 0 Å². The average Bonchev–Trinajstić information content (AvgIpc) is 2.38. The Kier molecular flexibility index (Phi) is 5.66. The lowest BCUT2D eigenvalue weighted by atomic mass is 10.1. The molecule has 2 amide bonds. The lowest BCUT2D eigenvalue weighted by Gasteiger charge is -2.08. The zero-order chi connectivity index (χ0) is 14.3. The van der Waals surface area contributed by atoms with E-state index in [2.05, 4.69) is 5.32 Å². The van der Waals surface area contributed by atoms with Gasteiger partial charge in [0.15, 0.2) is 0 Å². The Morgan fingerprint density at radius 2 is 2.11 bits per heavy atom. The highest BCUT2D eigenvalue weighted by Crippen LogP contribution is 2.19. The van der Waals surface area contributed by atoms with Gasteiger partial charge in [0.2, 0.25) is 0 Å². The van der Waals surface area contributed by atoms with Crippen molar-refractivity contribution < 1.29 is 19.1 Å². The number of hydrogen-bond acceptors (Lipinski definition) is 4. The maximum absolute atomic E-state index is 11.7. The topological polar surface area (TPSA) is 90.7 Å². The second kappa shape index (κ2) is 7.25. The van der Waals surface area contributed by atoms with E-state index in [0.717, 1.165) is 5.56 Å². The minimum atomic E-state index is -0.588. The number of amides is 2. The highest BCUT2D eigenvalue weighted by molar-refractivity contribution is 5.90. The summed E-state index contributed by atoms with van der Waals surface area (Å²) in [5.41, 5.74) is 6.28. The number of nitrogens with one attached hydrogen (secondary N) is 1. The van der Waals surface area contributed by atoms with Crippen molar-refractivity contribution in [3.63, 3.8) is 0 Å². The van der Waals surface area contributed by atoms with Crippen LogP contribution in [0.4, 0.5) is 4.79 Å². The summed E-state index contributed by atoms with van der Waals surface area (Å²) in [6.07, 6.45) is 0.512. The first-order valence-electron chi connectivity index (χ1n) is 5.89. The third-order valence-corrected chi connectivity index (χ3v) is 2.50. The van der Waals surface area contributed by atoms with Gasteiger partial charge in [-0.25, -0.2) is 9.59 Å². The number of methoxy groups -OCH3 is 1. The molecule has 19 heavy (non-hydrogen) atoms. The predicted octanol–water partition coefficient (Wildman–Crippen LogP) is 1.22. The van der Waals surface area contributed by atoms with Gasteiger partial charge < -0.3 is 20.5 Å². The smallest absolute Gasteiger partial charge is 0.338 e. The fraction of sp³-hybridized carbons (Fsp3) is 0.385. The number of primary amides is 1. The molecule has 0 spiro atoms. The third kappa shape index (κ3) is 4.87. The molecule has 0 aliphatic heterocycles. The molecule has 1 rings (SSSR count). The van der Waals surface area contributed by atoms with Crippen LogP contribution >= 0.6 is 0 Å². The number of esters is 1. The van der Waals surface area contributed by atoms with E-state index < -0.39 is 12.0 Å². The summed E-state index contributed by atoms with van der Waals surface area (Å²) in [6.45, 7) is 2.48. The largest absolute Gasteiger partial charge is 0.496 e. The molecule has 0 aliphatic rings. The molecule has 0 aliphatic carbocycles. The average molecular weight is 266 g/mol. The van der Waals surface area contributed by atoms with Crippen molar-refractivity contribution in [2.24, 2.45) is 5.73 Å². The zero-order valence-corrected chi connectivity index (χ0v) is 11.1. The van der Waals surface area contributed by atoms with Crippen LogP contribution in [0, 0.1) is 6.92 Å². The lowest BCUT2D eigenvalue weighted by Crippen LogP contribution is -2.30. The highest BCUT2D eigenvalue weighted by Gasteiger charge is 2.09. The van der Waals surface area contributed by atoms with Crippen molar-refractivity contribution in [3.8, 4) is 5.75 Å². The molecule has 0 unspecified atom stereocenters. The van der Waals surface area contributed by atoms with Crippen LogP contribution in [0.3, 0.4) is 0 Å². The first kappa shape index (κ1) is 14.8. The predicted molar refractivity (Wildman–Crippen MR) is 70.2 cm³/mol. The molecule has 6 nitrogen and oxygen atoms in total. The number of carbonyl (C=O) groups excluding carboxylic acids is 2. The molecule has 0 radical (unpaired) electrons. The second-order valence-corrected chi connectivity index (χ2v) is 3.96. The number of urea groups is 1. The molecule has 0 bridgehead atoms. The zero-order valence-electron chi connectivity index (χ0n) is 11.1. The quantitative estimate of drug-likeness (QED) is 0.598. The highest BCUT2D eigenvalue weighted by atomic mass is 16.5. The number of nitrogens with two attached hydrogens (primary N) is 1. The molecular weight excluding hydrogens is 248 g/mol. The fourth-order valence-electron chi connectivity index (χ4n) is 1.48. The van der Waals surface area contributed by atoms with Gasteiger partial charge in [0, 0.05) is 6.54 Å². The van der Waals surface area contributed by atoms with E-state index >= 15 is 0 Å². The monoisotopic (exact) mass is 266 g/mol. The first-order valence-corrected chi connectivity index (χ1v) is 5.89. The van der Waals surface area contributed by atoms with Crippen molar-refractivity contribution >= 4 is 12.0 Å². The summed E-state index contributed by atoms with van der Waals surface area (Å²) in [5.74, 6) is 0.224. The Morgan fingerprint density at radius 1 is 1.37 bits per heavy atom. The number of carbonyl (C=O) groups is 2. The third-order valence-electron chi connectivity index (χ3n) is 2.50. The molecule has 104 valence electrons. The summed E-state index contributed by atoms with van der Waals surface area (Å²) in [4.78, 5) is 22.1. The molecule has 0 aromatic heterocycles. The van der Waals surface area contributed by atoms with Gasteiger partial charge in [0.05, 0.1) is 19.3 Å². The van der Waals surface area contributed by atoms with Crippen molar-refractivity contribution in [1.82, 2.24) is 5.32 Å². The minimum absolute atomic E-state index is 0.218. The van der Waals surface area contributed by atoms with Crippen molar-refractivity contribution in [2.75, 3.05) is 20.3 Å². The van der Waals surface area contributed by atoms with Gasteiger partial charge in [0.25, 0.3) is 0 Å². The minimum Gasteiger partial charge on any atom is -0.496 e. The van der Waals surface area contributed by atoms with E-state index in [1.165, 1.54) is 0 Å². The number of rotatable bonds is 6.